The van der Waals surface area contributed by atoms with Gasteiger partial charge in [-0.2, -0.15) is 0 Å². The molecule has 0 atom stereocenters. The van der Waals surface area contributed by atoms with Crippen molar-refractivity contribution in [1.82, 2.24) is 36.9 Å². The highest BCUT2D eigenvalue weighted by molar-refractivity contribution is 5.53. The highest BCUT2D eigenvalue weighted by Gasteiger charge is 2.03. The molecule has 3 heterocycles. The van der Waals surface area contributed by atoms with E-state index < -0.39 is 0 Å². The molecule has 260 valence electrons. The van der Waals surface area contributed by atoms with Gasteiger partial charge in [0.25, 0.3) is 0 Å². The van der Waals surface area contributed by atoms with Gasteiger partial charge in [0.05, 0.1) is 24.4 Å². The lowest BCUT2D eigenvalue weighted by Gasteiger charge is -1.89. The molecule has 0 spiro atoms. The summed E-state index contributed by atoms with van der Waals surface area (Å²) >= 11 is 0. The molecule has 0 aliphatic rings. The second-order valence-electron chi connectivity index (χ2n) is 9.64. The molecule has 5 N–H and O–H groups in total. The third-order valence-corrected chi connectivity index (χ3v) is 5.85. The van der Waals surface area contributed by atoms with Gasteiger partial charge in [0, 0.05) is 52.4 Å². The van der Waals surface area contributed by atoms with Crippen LogP contribution in [-0.2, 0) is 0 Å². The number of benzene rings is 2. The van der Waals surface area contributed by atoms with E-state index in [4.69, 9.17) is 13.5 Å². The molecule has 49 heavy (non-hydrogen) atoms. The van der Waals surface area contributed by atoms with Crippen molar-refractivity contribution in [2.75, 3.05) is 35.2 Å². The normalized spacial score (nSPS) is 10.3. The molecular weight excluding hydrogens is 614 g/mol. The van der Waals surface area contributed by atoms with Crippen molar-refractivity contribution in [2.24, 2.45) is 0 Å². The van der Waals surface area contributed by atoms with Crippen molar-refractivity contribution in [2.45, 2.75) is 13.8 Å². The second-order valence-corrected chi connectivity index (χ2v) is 9.64. The highest BCUT2D eigenvalue weighted by Crippen LogP contribution is 2.13. The quantitative estimate of drug-likeness (QED) is 0.102. The van der Waals surface area contributed by atoms with Crippen molar-refractivity contribution in [3.8, 4) is 0 Å². The molecule has 5 aromatic rings. The van der Waals surface area contributed by atoms with Crippen LogP contribution < -0.4 is 26.6 Å². The Morgan fingerprint density at radius 1 is 0.531 bits per heavy atom. The van der Waals surface area contributed by atoms with Crippen LogP contribution in [0, 0.1) is 13.8 Å². The summed E-state index contributed by atoms with van der Waals surface area (Å²) in [4.78, 5) is 0. The van der Waals surface area contributed by atoms with Crippen molar-refractivity contribution < 1.29 is 13.5 Å². The molecular formula is C39H51N7O3. The van der Waals surface area contributed by atoms with E-state index in [1.807, 2.05) is 141 Å². The van der Waals surface area contributed by atoms with Crippen LogP contribution >= 0.6 is 0 Å². The van der Waals surface area contributed by atoms with Crippen molar-refractivity contribution >= 4 is 30.4 Å². The van der Waals surface area contributed by atoms with Gasteiger partial charge >= 0.3 is 0 Å². The van der Waals surface area contributed by atoms with Gasteiger partial charge < -0.3 is 40.0 Å². The molecule has 0 aliphatic carbocycles. The predicted molar refractivity (Wildman–Crippen MR) is 205 cm³/mol. The van der Waals surface area contributed by atoms with Crippen LogP contribution in [-0.4, -0.2) is 45.6 Å². The maximum absolute atomic E-state index is 4.96. The van der Waals surface area contributed by atoms with Crippen LogP contribution in [0.15, 0.2) is 136 Å². The molecule has 0 bridgehead atoms. The highest BCUT2D eigenvalue weighted by atomic mass is 16.5. The number of nitrogens with one attached hydrogen (secondary N) is 5. The largest absolute Gasteiger partial charge is 0.472 e. The fraction of sp³-hybridized carbons (Fsp3) is 0.179. The average Bonchev–Trinajstić information content (AvgIpc) is 3.93. The third kappa shape index (κ3) is 20.6. The Morgan fingerprint density at radius 2 is 1.02 bits per heavy atom. The number of hydrogen-bond acceptors (Lipinski definition) is 10. The van der Waals surface area contributed by atoms with E-state index in [1.165, 1.54) is 11.1 Å². The third-order valence-electron chi connectivity index (χ3n) is 5.85. The number of furan rings is 1. The fourth-order valence-corrected chi connectivity index (χ4v) is 3.41. The number of nitrogens with zero attached hydrogens (tertiary/aromatic N) is 2. The first kappa shape index (κ1) is 40.9. The van der Waals surface area contributed by atoms with Gasteiger partial charge in [-0.15, -0.1) is 0 Å². The van der Waals surface area contributed by atoms with E-state index in [2.05, 4.69) is 61.2 Å². The number of rotatable bonds is 10. The zero-order valence-electron chi connectivity index (χ0n) is 29.6. The van der Waals surface area contributed by atoms with E-state index in [0.29, 0.717) is 0 Å². The fourth-order valence-electron chi connectivity index (χ4n) is 3.41. The van der Waals surface area contributed by atoms with Gasteiger partial charge in [-0.05, 0) is 92.4 Å². The summed E-state index contributed by atoms with van der Waals surface area (Å²) in [5, 5.41) is 21.8. The second kappa shape index (κ2) is 28.1. The molecule has 10 heteroatoms. The molecule has 0 saturated carbocycles. The first-order valence-corrected chi connectivity index (χ1v) is 15.6. The van der Waals surface area contributed by atoms with Gasteiger partial charge in [-0.1, -0.05) is 71.0 Å². The van der Waals surface area contributed by atoms with Crippen LogP contribution in [0.3, 0.4) is 0 Å². The van der Waals surface area contributed by atoms with Crippen LogP contribution in [0.1, 0.15) is 39.5 Å². The van der Waals surface area contributed by atoms with Gasteiger partial charge in [-0.25, -0.2) is 0 Å². The summed E-state index contributed by atoms with van der Waals surface area (Å²) in [5.74, 6) is 1.61. The van der Waals surface area contributed by atoms with Crippen LogP contribution in [0.4, 0.5) is 0 Å². The minimum Gasteiger partial charge on any atom is -0.472 e. The standard InChI is InChI=1S/2C9H11N.C8H12N2O.C7H9NO.C6H8N2O/c2*1-10-8-7-9-5-3-2-4-6-9;1-6-8(4-5-9-3)7(2)11-10-6;1-8-4-2-7-3-5-9-6-7;1-7-4-2-6-3-5-8-9-6/h2*2-8,10H,1H3;4-5,9H,1-3H3;2-6,8H,1H3;2-5,7H,1H3. The lowest BCUT2D eigenvalue weighted by Crippen LogP contribution is -1.91. The Morgan fingerprint density at radius 3 is 1.43 bits per heavy atom. The van der Waals surface area contributed by atoms with Gasteiger partial charge in [-0.3, -0.25) is 0 Å². The Balaban J connectivity index is 0.000000307. The average molecular weight is 666 g/mol. The lowest BCUT2D eigenvalue weighted by atomic mass is 10.2. The first-order chi connectivity index (χ1) is 24.0. The molecule has 2 aromatic carbocycles. The number of aryl methyl sites for hydroxylation is 2. The molecule has 0 amide bonds. The Hall–Kier alpha value is -6.16. The molecule has 0 saturated heterocycles. The van der Waals surface area contributed by atoms with E-state index in [0.717, 1.165) is 28.3 Å². The van der Waals surface area contributed by atoms with E-state index in [-0.39, 0.29) is 0 Å². The monoisotopic (exact) mass is 665 g/mol. The Labute approximate surface area is 291 Å². The molecule has 0 fully saturated rings. The van der Waals surface area contributed by atoms with Crippen LogP contribution in [0.2, 0.25) is 0 Å². The maximum atomic E-state index is 4.96. The van der Waals surface area contributed by atoms with Gasteiger partial charge in [0.1, 0.15) is 5.76 Å². The van der Waals surface area contributed by atoms with E-state index in [9.17, 15) is 0 Å². The minimum absolute atomic E-state index is 0.754. The zero-order chi connectivity index (χ0) is 35.8. The molecule has 0 unspecified atom stereocenters. The van der Waals surface area contributed by atoms with E-state index in [1.54, 1.807) is 37.1 Å². The van der Waals surface area contributed by atoms with Gasteiger partial charge in [0.2, 0.25) is 0 Å². The molecule has 5 rings (SSSR count). The number of hydrogen-bond donors (Lipinski definition) is 5. The Kier molecular flexibility index (Phi) is 23.4. The van der Waals surface area contributed by atoms with E-state index >= 15 is 0 Å². The SMILES string of the molecule is CNC=Cc1c(C)noc1C.CNC=Cc1ccccc1.CNC=Cc1ccccc1.CNC=Cc1ccno1.CNC=Cc1ccoc1. The summed E-state index contributed by atoms with van der Waals surface area (Å²) in [6.07, 6.45) is 24.0. The summed E-state index contributed by atoms with van der Waals surface area (Å²) < 4.78 is 14.6. The molecule has 0 radical (unpaired) electrons. The van der Waals surface area contributed by atoms with Crippen molar-refractivity contribution in [3.63, 3.8) is 0 Å². The predicted octanol–water partition coefficient (Wildman–Crippen LogP) is 7.57. The summed E-state index contributed by atoms with van der Waals surface area (Å²) in [5.41, 5.74) is 5.49. The first-order valence-electron chi connectivity index (χ1n) is 15.6. The van der Waals surface area contributed by atoms with Crippen molar-refractivity contribution in [3.05, 3.63) is 162 Å². The number of aromatic nitrogens is 2. The smallest absolute Gasteiger partial charge is 0.161 e. The summed E-state index contributed by atoms with van der Waals surface area (Å²) in [7, 11) is 9.32. The van der Waals surface area contributed by atoms with Crippen LogP contribution in [0.5, 0.6) is 0 Å². The molecule has 0 aliphatic heterocycles. The lowest BCUT2D eigenvalue weighted by molar-refractivity contribution is 0.393. The van der Waals surface area contributed by atoms with Crippen LogP contribution in [0.25, 0.3) is 30.4 Å². The molecule has 3 aromatic heterocycles. The Bertz CT molecular complexity index is 1480. The maximum Gasteiger partial charge on any atom is 0.161 e. The van der Waals surface area contributed by atoms with Crippen molar-refractivity contribution in [1.29, 1.82) is 0 Å². The molecule has 10 nitrogen and oxygen atoms in total. The van der Waals surface area contributed by atoms with Gasteiger partial charge in [0.15, 0.2) is 5.76 Å². The topological polar surface area (TPSA) is 125 Å². The minimum atomic E-state index is 0.754. The summed E-state index contributed by atoms with van der Waals surface area (Å²) in [6.45, 7) is 3.82. The zero-order valence-corrected chi connectivity index (χ0v) is 29.6. The summed E-state index contributed by atoms with van der Waals surface area (Å²) in [6, 6.07) is 24.0.